The first-order valence-electron chi connectivity index (χ1n) is 3.49. The highest BCUT2D eigenvalue weighted by Gasteiger charge is 2.10. The SMILES string of the molecule is CC(SCC(O)CO)C(N)=NO. The van der Waals surface area contributed by atoms with Crippen molar-refractivity contribution in [3.8, 4) is 0 Å². The van der Waals surface area contributed by atoms with Crippen molar-refractivity contribution < 1.29 is 15.4 Å². The summed E-state index contributed by atoms with van der Waals surface area (Å²) in [5, 5.41) is 28.3. The molecule has 2 unspecified atom stereocenters. The van der Waals surface area contributed by atoms with Crippen LogP contribution in [-0.2, 0) is 0 Å². The van der Waals surface area contributed by atoms with E-state index in [0.717, 1.165) is 0 Å². The molecule has 0 aliphatic carbocycles. The van der Waals surface area contributed by atoms with Gasteiger partial charge in [0.25, 0.3) is 0 Å². The Morgan fingerprint density at radius 3 is 2.67 bits per heavy atom. The molecule has 6 heteroatoms. The minimum atomic E-state index is -0.746. The van der Waals surface area contributed by atoms with Crippen molar-refractivity contribution >= 4 is 17.6 Å². The van der Waals surface area contributed by atoms with Gasteiger partial charge in [-0.3, -0.25) is 0 Å². The van der Waals surface area contributed by atoms with Crippen LogP contribution in [-0.4, -0.2) is 45.0 Å². The maximum atomic E-state index is 8.95. The normalized spacial score (nSPS) is 17.4. The van der Waals surface area contributed by atoms with Crippen molar-refractivity contribution in [1.82, 2.24) is 0 Å². The molecule has 0 aliphatic heterocycles. The van der Waals surface area contributed by atoms with E-state index in [1.807, 2.05) is 0 Å². The lowest BCUT2D eigenvalue weighted by atomic mass is 10.4. The number of oxime groups is 1. The largest absolute Gasteiger partial charge is 0.409 e. The van der Waals surface area contributed by atoms with Crippen LogP contribution in [0.5, 0.6) is 0 Å². The van der Waals surface area contributed by atoms with E-state index >= 15 is 0 Å². The molecule has 0 spiro atoms. The van der Waals surface area contributed by atoms with E-state index in [0.29, 0.717) is 5.75 Å². The predicted octanol–water partition coefficient (Wildman–Crippen LogP) is -0.792. The number of nitrogens with two attached hydrogens (primary N) is 1. The van der Waals surface area contributed by atoms with Crippen LogP contribution in [0.15, 0.2) is 5.16 Å². The zero-order valence-corrected chi connectivity index (χ0v) is 7.66. The molecule has 0 rings (SSSR count). The van der Waals surface area contributed by atoms with Crippen LogP contribution in [0.1, 0.15) is 6.92 Å². The first-order chi connectivity index (χ1) is 5.61. The summed E-state index contributed by atoms with van der Waals surface area (Å²) in [4.78, 5) is 0. The second-order valence-electron chi connectivity index (χ2n) is 2.34. The van der Waals surface area contributed by atoms with Crippen LogP contribution in [0, 0.1) is 0 Å². The number of thioether (sulfide) groups is 1. The van der Waals surface area contributed by atoms with Gasteiger partial charge in [0.05, 0.1) is 18.0 Å². The Balaban J connectivity index is 3.64. The maximum absolute atomic E-state index is 8.95. The second-order valence-corrected chi connectivity index (χ2v) is 3.71. The molecule has 0 saturated heterocycles. The monoisotopic (exact) mass is 194 g/mol. The van der Waals surface area contributed by atoms with Crippen LogP contribution < -0.4 is 5.73 Å². The summed E-state index contributed by atoms with van der Waals surface area (Å²) < 4.78 is 0. The van der Waals surface area contributed by atoms with E-state index in [4.69, 9.17) is 21.2 Å². The Morgan fingerprint density at radius 1 is 1.67 bits per heavy atom. The summed E-state index contributed by atoms with van der Waals surface area (Å²) in [7, 11) is 0. The lowest BCUT2D eigenvalue weighted by molar-refractivity contribution is 0.113. The Bertz CT molecular complexity index is 154. The fraction of sp³-hybridized carbons (Fsp3) is 0.833. The molecular formula is C6H14N2O3S. The number of hydrogen-bond acceptors (Lipinski definition) is 5. The van der Waals surface area contributed by atoms with Gasteiger partial charge in [0, 0.05) is 5.75 Å². The van der Waals surface area contributed by atoms with E-state index in [1.54, 1.807) is 6.92 Å². The molecule has 0 saturated carbocycles. The number of rotatable bonds is 5. The van der Waals surface area contributed by atoms with E-state index in [-0.39, 0.29) is 17.7 Å². The van der Waals surface area contributed by atoms with Crippen LogP contribution in [0.4, 0.5) is 0 Å². The fourth-order valence-corrected chi connectivity index (χ4v) is 1.31. The maximum Gasteiger partial charge on any atom is 0.151 e. The van der Waals surface area contributed by atoms with E-state index < -0.39 is 6.10 Å². The van der Waals surface area contributed by atoms with Gasteiger partial charge < -0.3 is 21.2 Å². The Morgan fingerprint density at radius 2 is 2.25 bits per heavy atom. The molecule has 0 fully saturated rings. The van der Waals surface area contributed by atoms with Gasteiger partial charge in [-0.25, -0.2) is 0 Å². The number of hydrogen-bond donors (Lipinski definition) is 4. The predicted molar refractivity (Wildman–Crippen MR) is 48.4 cm³/mol. The second kappa shape index (κ2) is 6.10. The minimum absolute atomic E-state index is 0.116. The van der Waals surface area contributed by atoms with Gasteiger partial charge in [-0.05, 0) is 6.92 Å². The van der Waals surface area contributed by atoms with Crippen molar-refractivity contribution in [2.24, 2.45) is 10.9 Å². The number of nitrogens with zero attached hydrogens (tertiary/aromatic N) is 1. The first-order valence-corrected chi connectivity index (χ1v) is 4.54. The third kappa shape index (κ3) is 4.42. The zero-order valence-electron chi connectivity index (χ0n) is 6.84. The van der Waals surface area contributed by atoms with Crippen LogP contribution in [0.2, 0.25) is 0 Å². The van der Waals surface area contributed by atoms with Gasteiger partial charge in [-0.15, -0.1) is 11.8 Å². The number of aliphatic hydroxyl groups excluding tert-OH is 2. The van der Waals surface area contributed by atoms with Crippen molar-refractivity contribution in [2.75, 3.05) is 12.4 Å². The molecule has 0 heterocycles. The minimum Gasteiger partial charge on any atom is -0.409 e. The molecule has 2 atom stereocenters. The molecule has 0 bridgehead atoms. The molecule has 0 aromatic rings. The first kappa shape index (κ1) is 11.5. The Hall–Kier alpha value is -0.460. The molecule has 0 aromatic heterocycles. The molecule has 12 heavy (non-hydrogen) atoms. The van der Waals surface area contributed by atoms with E-state index in [9.17, 15) is 0 Å². The standard InChI is InChI=1S/C6H14N2O3S/c1-4(6(7)8-11)12-3-5(10)2-9/h4-5,9-11H,2-3H2,1H3,(H2,7,8). The highest BCUT2D eigenvalue weighted by Crippen LogP contribution is 2.11. The molecule has 72 valence electrons. The third-order valence-electron chi connectivity index (χ3n) is 1.28. The average Bonchev–Trinajstić information content (AvgIpc) is 2.11. The lowest BCUT2D eigenvalue weighted by Crippen LogP contribution is -2.26. The van der Waals surface area contributed by atoms with Gasteiger partial charge in [0.15, 0.2) is 5.84 Å². The van der Waals surface area contributed by atoms with E-state index in [1.165, 1.54) is 11.8 Å². The number of aliphatic hydroxyl groups is 2. The summed E-state index contributed by atoms with van der Waals surface area (Å²) >= 11 is 1.32. The topological polar surface area (TPSA) is 99.1 Å². The zero-order chi connectivity index (χ0) is 9.56. The van der Waals surface area contributed by atoms with Gasteiger partial charge in [0.1, 0.15) is 0 Å². The van der Waals surface area contributed by atoms with Crippen molar-refractivity contribution in [3.63, 3.8) is 0 Å². The van der Waals surface area contributed by atoms with E-state index in [2.05, 4.69) is 5.16 Å². The molecule has 0 aromatic carbocycles. The summed E-state index contributed by atoms with van der Waals surface area (Å²) in [6.07, 6.45) is -0.746. The van der Waals surface area contributed by atoms with Crippen molar-refractivity contribution in [2.45, 2.75) is 18.3 Å². The summed E-state index contributed by atoms with van der Waals surface area (Å²) in [6, 6.07) is 0. The Labute approximate surface area is 75.3 Å². The quantitative estimate of drug-likeness (QED) is 0.199. The number of amidine groups is 1. The summed E-state index contributed by atoms with van der Waals surface area (Å²) in [5.41, 5.74) is 5.28. The average molecular weight is 194 g/mol. The molecule has 0 amide bonds. The van der Waals surface area contributed by atoms with Gasteiger partial charge in [-0.1, -0.05) is 5.16 Å². The fourth-order valence-electron chi connectivity index (χ4n) is 0.475. The van der Waals surface area contributed by atoms with Crippen LogP contribution in [0.3, 0.4) is 0 Å². The third-order valence-corrected chi connectivity index (χ3v) is 2.60. The van der Waals surface area contributed by atoms with Gasteiger partial charge in [0.2, 0.25) is 0 Å². The Kier molecular flexibility index (Phi) is 5.87. The summed E-state index contributed by atoms with van der Waals surface area (Å²) in [5.74, 6) is 0.485. The van der Waals surface area contributed by atoms with Crippen LogP contribution >= 0.6 is 11.8 Å². The van der Waals surface area contributed by atoms with Crippen molar-refractivity contribution in [1.29, 1.82) is 0 Å². The van der Waals surface area contributed by atoms with Crippen LogP contribution in [0.25, 0.3) is 0 Å². The molecule has 5 N–H and O–H groups in total. The van der Waals surface area contributed by atoms with Gasteiger partial charge in [-0.2, -0.15) is 0 Å². The lowest BCUT2D eigenvalue weighted by Gasteiger charge is -2.11. The van der Waals surface area contributed by atoms with Gasteiger partial charge >= 0.3 is 0 Å². The highest BCUT2D eigenvalue weighted by molar-refractivity contribution is 8.00. The molecule has 0 aliphatic rings. The van der Waals surface area contributed by atoms with Crippen molar-refractivity contribution in [3.05, 3.63) is 0 Å². The highest BCUT2D eigenvalue weighted by atomic mass is 32.2. The molecular weight excluding hydrogens is 180 g/mol. The molecule has 0 radical (unpaired) electrons. The summed E-state index contributed by atoms with van der Waals surface area (Å²) in [6.45, 7) is 1.49. The molecule has 5 nitrogen and oxygen atoms in total. The smallest absolute Gasteiger partial charge is 0.151 e.